The molecule has 0 bridgehead atoms. The summed E-state index contributed by atoms with van der Waals surface area (Å²) < 4.78 is 6.25. The quantitative estimate of drug-likeness (QED) is 0.717. The van der Waals surface area contributed by atoms with Gasteiger partial charge in [-0.15, -0.1) is 11.7 Å². The van der Waals surface area contributed by atoms with Gasteiger partial charge in [0.15, 0.2) is 11.3 Å². The Hall–Kier alpha value is -2.58. The molecule has 4 rings (SSSR count). The summed E-state index contributed by atoms with van der Waals surface area (Å²) in [6.07, 6.45) is 1.27. The van der Waals surface area contributed by atoms with E-state index in [0.29, 0.717) is 22.4 Å². The molecule has 0 saturated carbocycles. The van der Waals surface area contributed by atoms with Crippen LogP contribution in [0.5, 0.6) is 5.75 Å². The van der Waals surface area contributed by atoms with Gasteiger partial charge in [0.2, 0.25) is 0 Å². The van der Waals surface area contributed by atoms with Gasteiger partial charge in [-0.1, -0.05) is 52.0 Å². The number of hydrazone groups is 1. The molecule has 2 aliphatic heterocycles. The standard InChI is InChI=1S/C20H17BrN4O2S/c1-3-10-28-20-23-19(26)17-13-6-4-5-7-16(13)22-18(25(17)24-20)14-11-12(27-2)8-9-15(14)21/h3-9,11,18H,1,10H2,2H3,(H,23,24,26). The fourth-order valence-corrected chi connectivity index (χ4v) is 4.12. The van der Waals surface area contributed by atoms with Crippen molar-refractivity contribution in [3.8, 4) is 5.75 Å². The number of benzene rings is 2. The van der Waals surface area contributed by atoms with Gasteiger partial charge in [-0.2, -0.15) is 0 Å². The molecule has 1 N–H and O–H groups in total. The fourth-order valence-electron chi connectivity index (χ4n) is 3.08. The second-order valence-corrected chi connectivity index (χ2v) is 7.92. The van der Waals surface area contributed by atoms with Crippen LogP contribution in [0, 0.1) is 0 Å². The van der Waals surface area contributed by atoms with Gasteiger partial charge in [-0.05, 0) is 24.3 Å². The zero-order valence-electron chi connectivity index (χ0n) is 15.1. The molecule has 0 saturated heterocycles. The van der Waals surface area contributed by atoms with Crippen molar-refractivity contribution in [3.05, 3.63) is 75.7 Å². The predicted molar refractivity (Wildman–Crippen MR) is 114 cm³/mol. The molecule has 8 heteroatoms. The van der Waals surface area contributed by atoms with E-state index in [0.717, 1.165) is 20.6 Å². The molecule has 2 heterocycles. The molecule has 0 fully saturated rings. The van der Waals surface area contributed by atoms with Crippen LogP contribution in [0.15, 0.2) is 69.7 Å². The number of hydrogen-bond acceptors (Lipinski definition) is 6. The Balaban J connectivity index is 1.93. The summed E-state index contributed by atoms with van der Waals surface area (Å²) >= 11 is 5.02. The first-order chi connectivity index (χ1) is 13.6. The molecule has 28 heavy (non-hydrogen) atoms. The molecule has 1 unspecified atom stereocenters. The number of nitrogens with one attached hydrogen (secondary N) is 1. The van der Waals surface area contributed by atoms with Crippen LogP contribution < -0.4 is 20.6 Å². The lowest BCUT2D eigenvalue weighted by atomic mass is 10.1. The van der Waals surface area contributed by atoms with E-state index >= 15 is 0 Å². The van der Waals surface area contributed by atoms with Crippen LogP contribution in [0.1, 0.15) is 11.7 Å². The Morgan fingerprint density at radius 3 is 2.96 bits per heavy atom. The summed E-state index contributed by atoms with van der Waals surface area (Å²) in [5.41, 5.74) is 1.34. The van der Waals surface area contributed by atoms with Gasteiger partial charge in [-0.3, -0.25) is 15.1 Å². The molecule has 2 aliphatic rings. The van der Waals surface area contributed by atoms with Crippen LogP contribution >= 0.6 is 27.7 Å². The van der Waals surface area contributed by atoms with Crippen LogP contribution in [-0.2, 0) is 4.79 Å². The molecule has 142 valence electrons. The number of nitrogens with zero attached hydrogens (tertiary/aromatic N) is 3. The molecule has 1 atom stereocenters. The van der Waals surface area contributed by atoms with Crippen molar-refractivity contribution in [2.45, 2.75) is 6.17 Å². The number of carbonyl (C=O) groups excluding carboxylic acids is 1. The van der Waals surface area contributed by atoms with E-state index in [1.165, 1.54) is 11.8 Å². The third-order valence-corrected chi connectivity index (χ3v) is 5.92. The molecule has 0 aliphatic carbocycles. The van der Waals surface area contributed by atoms with E-state index in [2.05, 4.69) is 32.9 Å². The maximum atomic E-state index is 13.0. The molecule has 0 aromatic heterocycles. The molecule has 0 spiro atoms. The van der Waals surface area contributed by atoms with Gasteiger partial charge in [0, 0.05) is 21.0 Å². The lowest BCUT2D eigenvalue weighted by molar-refractivity contribution is -0.116. The lowest BCUT2D eigenvalue weighted by Gasteiger charge is -2.34. The van der Waals surface area contributed by atoms with Crippen molar-refractivity contribution in [1.29, 1.82) is 0 Å². The van der Waals surface area contributed by atoms with Crippen molar-refractivity contribution >= 4 is 44.5 Å². The third-order valence-electron chi connectivity index (χ3n) is 4.33. The van der Waals surface area contributed by atoms with Crippen LogP contribution in [0.25, 0.3) is 5.70 Å². The topological polar surface area (TPSA) is 66.3 Å². The fraction of sp³-hybridized carbons (Fsp3) is 0.150. The van der Waals surface area contributed by atoms with E-state index in [-0.39, 0.29) is 5.91 Å². The van der Waals surface area contributed by atoms with Gasteiger partial charge in [-0.25, -0.2) is 5.01 Å². The maximum Gasteiger partial charge on any atom is 0.276 e. The highest BCUT2D eigenvalue weighted by atomic mass is 79.9. The summed E-state index contributed by atoms with van der Waals surface area (Å²) in [5, 5.41) is 11.3. The minimum atomic E-state index is -0.500. The van der Waals surface area contributed by atoms with E-state index in [1.807, 2.05) is 42.5 Å². The van der Waals surface area contributed by atoms with E-state index in [4.69, 9.17) is 9.73 Å². The minimum Gasteiger partial charge on any atom is -0.497 e. The predicted octanol–water partition coefficient (Wildman–Crippen LogP) is 2.52. The molecule has 2 aromatic carbocycles. The normalized spacial score (nSPS) is 17.7. The average molecular weight is 457 g/mol. The second kappa shape index (κ2) is 7.81. The van der Waals surface area contributed by atoms with Crippen molar-refractivity contribution in [2.24, 2.45) is 10.1 Å². The van der Waals surface area contributed by atoms with Gasteiger partial charge < -0.3 is 4.74 Å². The number of halogens is 1. The van der Waals surface area contributed by atoms with Crippen molar-refractivity contribution in [1.82, 2.24) is 10.3 Å². The Labute approximate surface area is 174 Å². The highest BCUT2D eigenvalue weighted by Crippen LogP contribution is 2.36. The van der Waals surface area contributed by atoms with Crippen LogP contribution in [-0.4, -0.2) is 28.9 Å². The summed E-state index contributed by atoms with van der Waals surface area (Å²) in [5.74, 6) is 1.15. The number of fused-ring (bicyclic) bond motifs is 2. The minimum absolute atomic E-state index is 0.201. The number of hydrogen-bond donors (Lipinski definition) is 1. The molecular weight excluding hydrogens is 440 g/mol. The molecular formula is C20H17BrN4O2S. The number of para-hydroxylation sites is 1. The zero-order chi connectivity index (χ0) is 19.7. The van der Waals surface area contributed by atoms with Crippen LogP contribution in [0.3, 0.4) is 0 Å². The Bertz CT molecular complexity index is 1120. The Morgan fingerprint density at radius 1 is 1.36 bits per heavy atom. The molecule has 2 aromatic rings. The van der Waals surface area contributed by atoms with Crippen molar-refractivity contribution in [3.63, 3.8) is 0 Å². The number of methoxy groups -OCH3 is 1. The van der Waals surface area contributed by atoms with Gasteiger partial charge in [0.1, 0.15) is 11.4 Å². The largest absolute Gasteiger partial charge is 0.497 e. The molecule has 6 nitrogen and oxygen atoms in total. The smallest absolute Gasteiger partial charge is 0.276 e. The number of amides is 1. The van der Waals surface area contributed by atoms with Gasteiger partial charge >= 0.3 is 0 Å². The summed E-state index contributed by atoms with van der Waals surface area (Å²) in [7, 11) is 1.62. The van der Waals surface area contributed by atoms with Crippen LogP contribution in [0.2, 0.25) is 0 Å². The maximum absolute atomic E-state index is 13.0. The molecule has 0 radical (unpaired) electrons. The first-order valence-electron chi connectivity index (χ1n) is 8.56. The SMILES string of the molecule is C=CCSC1=NN2C(=c3ccccc3=NC2c2cc(OC)ccc2Br)C(=O)N1. The first kappa shape index (κ1) is 18.8. The third kappa shape index (κ3) is 3.33. The average Bonchev–Trinajstić information content (AvgIpc) is 2.72. The Morgan fingerprint density at radius 2 is 2.18 bits per heavy atom. The van der Waals surface area contributed by atoms with Crippen LogP contribution in [0.4, 0.5) is 0 Å². The Kier molecular flexibility index (Phi) is 5.23. The highest BCUT2D eigenvalue weighted by molar-refractivity contribution is 9.10. The zero-order valence-corrected chi connectivity index (χ0v) is 17.5. The second-order valence-electron chi connectivity index (χ2n) is 6.06. The van der Waals surface area contributed by atoms with Crippen molar-refractivity contribution < 1.29 is 9.53 Å². The van der Waals surface area contributed by atoms with Gasteiger partial charge in [0.25, 0.3) is 5.91 Å². The number of carbonyl (C=O) groups is 1. The summed E-state index contributed by atoms with van der Waals surface area (Å²) in [6, 6.07) is 13.3. The number of ether oxygens (including phenoxy) is 1. The lowest BCUT2D eigenvalue weighted by Crippen LogP contribution is -2.50. The van der Waals surface area contributed by atoms with Gasteiger partial charge in [0.05, 0.1) is 12.5 Å². The number of amidine groups is 1. The van der Waals surface area contributed by atoms with E-state index < -0.39 is 6.17 Å². The van der Waals surface area contributed by atoms with Crippen molar-refractivity contribution in [2.75, 3.05) is 12.9 Å². The van der Waals surface area contributed by atoms with E-state index in [1.54, 1.807) is 18.2 Å². The first-order valence-corrected chi connectivity index (χ1v) is 10.3. The highest BCUT2D eigenvalue weighted by Gasteiger charge is 2.35. The number of thioether (sulfide) groups is 1. The molecule has 1 amide bonds. The summed E-state index contributed by atoms with van der Waals surface area (Å²) in [6.45, 7) is 3.72. The summed E-state index contributed by atoms with van der Waals surface area (Å²) in [4.78, 5) is 17.9. The monoisotopic (exact) mass is 456 g/mol. The van der Waals surface area contributed by atoms with E-state index in [9.17, 15) is 4.79 Å². The number of rotatable bonds is 4.